The molecule has 3 rings (SSSR count). The van der Waals surface area contributed by atoms with Gasteiger partial charge < -0.3 is 10.6 Å². The smallest absolute Gasteiger partial charge is 0.230 e. The number of hydrogen-bond donors (Lipinski definition) is 2. The van der Waals surface area contributed by atoms with Gasteiger partial charge in [0.2, 0.25) is 5.91 Å². The second-order valence-corrected chi connectivity index (χ2v) is 6.51. The third-order valence-corrected chi connectivity index (χ3v) is 4.23. The minimum atomic E-state index is -0.122. The zero-order valence-electron chi connectivity index (χ0n) is 12.9. The van der Waals surface area contributed by atoms with Crippen molar-refractivity contribution >= 4 is 45.5 Å². The van der Waals surface area contributed by atoms with E-state index in [0.717, 1.165) is 11.4 Å². The summed E-state index contributed by atoms with van der Waals surface area (Å²) < 4.78 is 0. The van der Waals surface area contributed by atoms with E-state index >= 15 is 0 Å². The lowest BCUT2D eigenvalue weighted by atomic mass is 10.3. The Labute approximate surface area is 148 Å². The van der Waals surface area contributed by atoms with Gasteiger partial charge in [-0.05, 0) is 48.9 Å². The summed E-state index contributed by atoms with van der Waals surface area (Å²) in [6.07, 6.45) is 1.95. The normalized spacial score (nSPS) is 10.4. The van der Waals surface area contributed by atoms with Crippen LogP contribution in [0, 0.1) is 6.92 Å². The molecule has 0 aliphatic rings. The molecule has 2 heterocycles. The van der Waals surface area contributed by atoms with Crippen molar-refractivity contribution in [3.8, 4) is 0 Å². The average Bonchev–Trinajstić information content (AvgIpc) is 2.96. The van der Waals surface area contributed by atoms with Crippen molar-refractivity contribution < 1.29 is 4.79 Å². The highest BCUT2D eigenvalue weighted by atomic mass is 35.5. The zero-order valence-corrected chi connectivity index (χ0v) is 14.5. The van der Waals surface area contributed by atoms with Gasteiger partial charge in [-0.1, -0.05) is 11.6 Å². The fourth-order valence-electron chi connectivity index (χ4n) is 2.06. The quantitative estimate of drug-likeness (QED) is 0.708. The number of benzene rings is 1. The number of pyridine rings is 1. The molecule has 0 saturated heterocycles. The van der Waals surface area contributed by atoms with Crippen LogP contribution in [0.3, 0.4) is 0 Å². The summed E-state index contributed by atoms with van der Waals surface area (Å²) in [7, 11) is 0. The zero-order chi connectivity index (χ0) is 16.9. The number of halogens is 1. The summed E-state index contributed by atoms with van der Waals surface area (Å²) in [5.74, 6) is 0.615. The highest BCUT2D eigenvalue weighted by molar-refractivity contribution is 7.13. The van der Waals surface area contributed by atoms with E-state index in [9.17, 15) is 4.79 Å². The maximum absolute atomic E-state index is 12.1. The summed E-state index contributed by atoms with van der Waals surface area (Å²) in [5, 5.41) is 9.17. The predicted molar refractivity (Wildman–Crippen MR) is 98.2 cm³/mol. The highest BCUT2D eigenvalue weighted by Crippen LogP contribution is 2.21. The van der Waals surface area contributed by atoms with Crippen LogP contribution >= 0.6 is 22.9 Å². The number of carbonyl (C=O) groups is 1. The number of rotatable bonds is 5. The molecule has 0 aliphatic carbocycles. The number of amides is 1. The van der Waals surface area contributed by atoms with E-state index in [2.05, 4.69) is 20.6 Å². The van der Waals surface area contributed by atoms with Gasteiger partial charge in [-0.25, -0.2) is 9.97 Å². The first-order valence-electron chi connectivity index (χ1n) is 7.28. The first-order chi connectivity index (χ1) is 11.6. The summed E-state index contributed by atoms with van der Waals surface area (Å²) in [5.41, 5.74) is 2.54. The molecule has 0 bridgehead atoms. The molecule has 0 aliphatic heterocycles. The van der Waals surface area contributed by atoms with E-state index in [-0.39, 0.29) is 12.3 Å². The number of thiazole rings is 1. The minimum absolute atomic E-state index is 0.122. The predicted octanol–water partition coefficient (Wildman–Crippen LogP) is 4.42. The van der Waals surface area contributed by atoms with Gasteiger partial charge in [-0.2, -0.15) is 0 Å². The van der Waals surface area contributed by atoms with Crippen LogP contribution < -0.4 is 10.6 Å². The van der Waals surface area contributed by atoms with E-state index in [1.807, 2.05) is 24.4 Å². The van der Waals surface area contributed by atoms with E-state index < -0.39 is 0 Å². The van der Waals surface area contributed by atoms with E-state index in [0.29, 0.717) is 21.5 Å². The van der Waals surface area contributed by atoms with Crippen molar-refractivity contribution in [2.75, 3.05) is 10.6 Å². The Balaban J connectivity index is 1.59. The monoisotopic (exact) mass is 358 g/mol. The molecule has 0 saturated carbocycles. The summed E-state index contributed by atoms with van der Waals surface area (Å²) in [4.78, 5) is 20.7. The molecule has 0 radical (unpaired) electrons. The van der Waals surface area contributed by atoms with Gasteiger partial charge in [0.1, 0.15) is 5.82 Å². The van der Waals surface area contributed by atoms with Crippen LogP contribution in [-0.4, -0.2) is 15.9 Å². The average molecular weight is 359 g/mol. The Morgan fingerprint density at radius 1 is 1.25 bits per heavy atom. The maximum atomic E-state index is 12.1. The first kappa shape index (κ1) is 16.4. The molecule has 7 heteroatoms. The number of carbonyl (C=O) groups excluding carboxylic acids is 1. The largest absolute Gasteiger partial charge is 0.326 e. The van der Waals surface area contributed by atoms with Gasteiger partial charge in [0.15, 0.2) is 5.13 Å². The fourth-order valence-corrected chi connectivity index (χ4v) is 2.91. The molecule has 2 aromatic heterocycles. The van der Waals surface area contributed by atoms with Crippen LogP contribution in [0.15, 0.2) is 48.0 Å². The van der Waals surface area contributed by atoms with E-state index in [1.165, 1.54) is 11.3 Å². The molecule has 3 aromatic rings. The number of nitrogens with zero attached hydrogens (tertiary/aromatic N) is 2. The molecule has 5 nitrogen and oxygen atoms in total. The Kier molecular flexibility index (Phi) is 5.08. The molecule has 24 heavy (non-hydrogen) atoms. The summed E-state index contributed by atoms with van der Waals surface area (Å²) in [6.45, 7) is 2.00. The maximum Gasteiger partial charge on any atom is 0.230 e. The molecule has 0 unspecified atom stereocenters. The van der Waals surface area contributed by atoms with Gasteiger partial charge >= 0.3 is 0 Å². The third kappa shape index (κ3) is 4.53. The molecule has 0 fully saturated rings. The lowest BCUT2D eigenvalue weighted by Crippen LogP contribution is -2.14. The number of aryl methyl sites for hydroxylation is 1. The van der Waals surface area contributed by atoms with Gasteiger partial charge in [-0.3, -0.25) is 4.79 Å². The van der Waals surface area contributed by atoms with Gasteiger partial charge in [0.25, 0.3) is 0 Å². The van der Waals surface area contributed by atoms with Crippen LogP contribution in [0.5, 0.6) is 0 Å². The molecule has 2 N–H and O–H groups in total. The van der Waals surface area contributed by atoms with Gasteiger partial charge in [-0.15, -0.1) is 11.3 Å². The Bertz CT molecular complexity index is 848. The van der Waals surface area contributed by atoms with Crippen LogP contribution in [0.4, 0.5) is 16.6 Å². The third-order valence-electron chi connectivity index (χ3n) is 3.17. The van der Waals surface area contributed by atoms with Gasteiger partial charge in [0, 0.05) is 22.3 Å². The van der Waals surface area contributed by atoms with Crippen molar-refractivity contribution in [2.45, 2.75) is 13.3 Å². The fraction of sp³-hybridized carbons (Fsp3) is 0.118. The molecular formula is C17H15ClN4OS. The van der Waals surface area contributed by atoms with Crippen LogP contribution in [0.2, 0.25) is 5.02 Å². The number of aromatic nitrogens is 2. The van der Waals surface area contributed by atoms with E-state index in [1.54, 1.807) is 30.5 Å². The molecule has 1 amide bonds. The minimum Gasteiger partial charge on any atom is -0.326 e. The summed E-state index contributed by atoms with van der Waals surface area (Å²) in [6, 6.07) is 10.9. The Hall–Kier alpha value is -2.44. The number of hydrogen-bond acceptors (Lipinski definition) is 5. The van der Waals surface area contributed by atoms with Crippen molar-refractivity contribution in [3.05, 3.63) is 64.3 Å². The van der Waals surface area contributed by atoms with Crippen LogP contribution in [0.1, 0.15) is 11.3 Å². The van der Waals surface area contributed by atoms with Crippen LogP contribution in [0.25, 0.3) is 0 Å². The molecule has 0 spiro atoms. The second kappa shape index (κ2) is 7.42. The SMILES string of the molecule is Cc1ccnc(Nc2nc(CC(=O)Nc3ccc(Cl)cc3)cs2)c1. The van der Waals surface area contributed by atoms with Crippen molar-refractivity contribution in [1.82, 2.24) is 9.97 Å². The molecule has 122 valence electrons. The first-order valence-corrected chi connectivity index (χ1v) is 8.54. The number of anilines is 3. The van der Waals surface area contributed by atoms with E-state index in [4.69, 9.17) is 11.6 Å². The standard InChI is InChI=1S/C17H15ClN4OS/c1-11-6-7-19-15(8-11)22-17-21-14(10-24-17)9-16(23)20-13-4-2-12(18)3-5-13/h2-8,10H,9H2,1H3,(H,20,23)(H,19,21,22). The molecule has 0 atom stereocenters. The van der Waals surface area contributed by atoms with Gasteiger partial charge in [0.05, 0.1) is 12.1 Å². The topological polar surface area (TPSA) is 66.9 Å². The number of nitrogens with one attached hydrogen (secondary N) is 2. The molecular weight excluding hydrogens is 344 g/mol. The lowest BCUT2D eigenvalue weighted by molar-refractivity contribution is -0.115. The van der Waals surface area contributed by atoms with Crippen LogP contribution in [-0.2, 0) is 11.2 Å². The van der Waals surface area contributed by atoms with Crippen molar-refractivity contribution in [2.24, 2.45) is 0 Å². The van der Waals surface area contributed by atoms with Crippen molar-refractivity contribution in [3.63, 3.8) is 0 Å². The lowest BCUT2D eigenvalue weighted by Gasteiger charge is -2.04. The summed E-state index contributed by atoms with van der Waals surface area (Å²) >= 11 is 7.26. The Morgan fingerprint density at radius 3 is 2.79 bits per heavy atom. The van der Waals surface area contributed by atoms with Crippen molar-refractivity contribution in [1.29, 1.82) is 0 Å². The Morgan fingerprint density at radius 2 is 2.04 bits per heavy atom. The molecule has 1 aromatic carbocycles. The highest BCUT2D eigenvalue weighted by Gasteiger charge is 2.09. The second-order valence-electron chi connectivity index (χ2n) is 5.22.